The van der Waals surface area contributed by atoms with Crippen molar-refractivity contribution in [2.45, 2.75) is 77.7 Å². The Morgan fingerprint density at radius 2 is 1.65 bits per heavy atom. The van der Waals surface area contributed by atoms with Crippen LogP contribution in [0.1, 0.15) is 81.4 Å². The molecule has 0 spiro atoms. The van der Waals surface area contributed by atoms with Gasteiger partial charge in [0.15, 0.2) is 6.61 Å². The standard InChI is InChI=1S/C29H38FNO3/c1-2-3-4-5-6-7-8-9-10-11-14-25-17-19-26(20-18-25)23-31(34-24-29(32)33)22-21-27-15-12-13-16-28(27)30/h12-13,15-20H,2-10,21-24H2,1H3,(H,32,33). The van der Waals surface area contributed by atoms with Gasteiger partial charge in [0.1, 0.15) is 5.82 Å². The highest BCUT2D eigenvalue weighted by Crippen LogP contribution is 2.12. The molecule has 0 bridgehead atoms. The van der Waals surface area contributed by atoms with Crippen LogP contribution in [0.5, 0.6) is 0 Å². The Labute approximate surface area is 204 Å². The van der Waals surface area contributed by atoms with Crippen molar-refractivity contribution in [3.05, 3.63) is 71.0 Å². The third kappa shape index (κ3) is 12.0. The number of aliphatic carboxylic acids is 1. The van der Waals surface area contributed by atoms with Crippen molar-refractivity contribution in [3.63, 3.8) is 0 Å². The molecule has 34 heavy (non-hydrogen) atoms. The number of hydrogen-bond donors (Lipinski definition) is 1. The number of nitrogens with zero attached hydrogens (tertiary/aromatic N) is 1. The van der Waals surface area contributed by atoms with Crippen molar-refractivity contribution >= 4 is 5.97 Å². The Hall–Kier alpha value is -2.68. The van der Waals surface area contributed by atoms with Crippen LogP contribution in [0, 0.1) is 17.7 Å². The summed E-state index contributed by atoms with van der Waals surface area (Å²) in [5, 5.41) is 10.5. The minimum Gasteiger partial charge on any atom is -0.479 e. The van der Waals surface area contributed by atoms with Crippen molar-refractivity contribution in [2.75, 3.05) is 13.2 Å². The first-order valence-electron chi connectivity index (χ1n) is 12.5. The van der Waals surface area contributed by atoms with Crippen LogP contribution in [0.2, 0.25) is 0 Å². The molecule has 0 heterocycles. The van der Waals surface area contributed by atoms with Gasteiger partial charge in [-0.1, -0.05) is 94.0 Å². The SMILES string of the molecule is CCCCCCCCCCC#Cc1ccc(CN(CCc2ccccc2F)OCC(=O)O)cc1. The highest BCUT2D eigenvalue weighted by atomic mass is 19.1. The minimum atomic E-state index is -1.04. The molecule has 0 aliphatic rings. The molecule has 2 rings (SSSR count). The molecule has 0 unspecified atom stereocenters. The van der Waals surface area contributed by atoms with E-state index in [0.717, 1.165) is 24.0 Å². The Morgan fingerprint density at radius 3 is 2.32 bits per heavy atom. The molecule has 0 aliphatic heterocycles. The van der Waals surface area contributed by atoms with E-state index in [-0.39, 0.29) is 5.82 Å². The zero-order valence-electron chi connectivity index (χ0n) is 20.4. The van der Waals surface area contributed by atoms with Crippen LogP contribution in [-0.2, 0) is 22.6 Å². The van der Waals surface area contributed by atoms with Gasteiger partial charge in [0.2, 0.25) is 0 Å². The number of unbranched alkanes of at least 4 members (excludes halogenated alkanes) is 8. The number of carboxylic acids is 1. The van der Waals surface area contributed by atoms with Gasteiger partial charge >= 0.3 is 5.97 Å². The lowest BCUT2D eigenvalue weighted by atomic mass is 10.1. The second-order valence-corrected chi connectivity index (χ2v) is 8.60. The molecule has 2 aromatic carbocycles. The van der Waals surface area contributed by atoms with E-state index in [1.807, 2.05) is 24.3 Å². The van der Waals surface area contributed by atoms with E-state index >= 15 is 0 Å². The number of rotatable bonds is 16. The van der Waals surface area contributed by atoms with Crippen molar-refractivity contribution in [2.24, 2.45) is 0 Å². The number of halogens is 1. The summed E-state index contributed by atoms with van der Waals surface area (Å²) in [6.45, 7) is 2.61. The van der Waals surface area contributed by atoms with E-state index in [2.05, 4.69) is 18.8 Å². The van der Waals surface area contributed by atoms with E-state index in [9.17, 15) is 9.18 Å². The summed E-state index contributed by atoms with van der Waals surface area (Å²) in [5.41, 5.74) is 2.52. The summed E-state index contributed by atoms with van der Waals surface area (Å²) in [7, 11) is 0. The van der Waals surface area contributed by atoms with Crippen LogP contribution in [0.3, 0.4) is 0 Å². The molecular formula is C29H38FNO3. The molecule has 0 aliphatic carbocycles. The monoisotopic (exact) mass is 467 g/mol. The van der Waals surface area contributed by atoms with Crippen molar-refractivity contribution in [3.8, 4) is 11.8 Å². The van der Waals surface area contributed by atoms with Crippen molar-refractivity contribution < 1.29 is 19.1 Å². The lowest BCUT2D eigenvalue weighted by Crippen LogP contribution is -2.29. The summed E-state index contributed by atoms with van der Waals surface area (Å²) in [6, 6.07) is 14.5. The largest absolute Gasteiger partial charge is 0.479 e. The fourth-order valence-electron chi connectivity index (χ4n) is 3.69. The lowest BCUT2D eigenvalue weighted by molar-refractivity contribution is -0.185. The number of benzene rings is 2. The molecule has 5 heteroatoms. The fraction of sp³-hybridized carbons (Fsp3) is 0.483. The first-order chi connectivity index (χ1) is 16.6. The van der Waals surface area contributed by atoms with Gasteiger partial charge in [-0.25, -0.2) is 9.18 Å². The normalized spacial score (nSPS) is 10.8. The predicted molar refractivity (Wildman–Crippen MR) is 135 cm³/mol. The van der Waals surface area contributed by atoms with E-state index in [0.29, 0.717) is 25.1 Å². The summed E-state index contributed by atoms with van der Waals surface area (Å²) in [4.78, 5) is 16.4. The number of carboxylic acid groups (broad SMARTS) is 1. The van der Waals surface area contributed by atoms with Gasteiger partial charge in [-0.3, -0.25) is 4.84 Å². The molecule has 184 valence electrons. The highest BCUT2D eigenvalue weighted by molar-refractivity contribution is 5.67. The smallest absolute Gasteiger partial charge is 0.331 e. The molecular weight excluding hydrogens is 429 g/mol. The summed E-state index contributed by atoms with van der Waals surface area (Å²) in [5.74, 6) is 5.18. The van der Waals surface area contributed by atoms with Crippen LogP contribution < -0.4 is 0 Å². The molecule has 0 amide bonds. The van der Waals surface area contributed by atoms with Gasteiger partial charge in [-0.2, -0.15) is 5.06 Å². The van der Waals surface area contributed by atoms with Crippen LogP contribution in [0.25, 0.3) is 0 Å². The number of hydrogen-bond acceptors (Lipinski definition) is 3. The van der Waals surface area contributed by atoms with Gasteiger partial charge in [-0.15, -0.1) is 0 Å². The topological polar surface area (TPSA) is 49.8 Å². The summed E-state index contributed by atoms with van der Waals surface area (Å²) >= 11 is 0. The van der Waals surface area contributed by atoms with Crippen molar-refractivity contribution in [1.29, 1.82) is 0 Å². The molecule has 0 fully saturated rings. The Morgan fingerprint density at radius 1 is 0.971 bits per heavy atom. The molecule has 1 N–H and O–H groups in total. The third-order valence-electron chi connectivity index (χ3n) is 5.66. The Kier molecular flexibility index (Phi) is 13.7. The second kappa shape index (κ2) is 16.9. The minimum absolute atomic E-state index is 0.268. The van der Waals surface area contributed by atoms with E-state index in [4.69, 9.17) is 9.94 Å². The maximum atomic E-state index is 13.9. The first-order valence-corrected chi connectivity index (χ1v) is 12.5. The maximum Gasteiger partial charge on any atom is 0.331 e. The van der Waals surface area contributed by atoms with Crippen LogP contribution in [0.15, 0.2) is 48.5 Å². The maximum absolute atomic E-state index is 13.9. The zero-order valence-corrected chi connectivity index (χ0v) is 20.4. The van der Waals surface area contributed by atoms with Crippen LogP contribution >= 0.6 is 0 Å². The van der Waals surface area contributed by atoms with Gasteiger partial charge < -0.3 is 5.11 Å². The zero-order chi connectivity index (χ0) is 24.4. The average molecular weight is 468 g/mol. The molecule has 4 nitrogen and oxygen atoms in total. The average Bonchev–Trinajstić information content (AvgIpc) is 2.83. The molecule has 2 aromatic rings. The Bertz CT molecular complexity index is 902. The third-order valence-corrected chi connectivity index (χ3v) is 5.66. The van der Waals surface area contributed by atoms with Crippen LogP contribution in [0.4, 0.5) is 4.39 Å². The van der Waals surface area contributed by atoms with Crippen molar-refractivity contribution in [1.82, 2.24) is 5.06 Å². The van der Waals surface area contributed by atoms with E-state index < -0.39 is 12.6 Å². The van der Waals surface area contributed by atoms with Gasteiger partial charge in [0.05, 0.1) is 0 Å². The molecule has 0 radical (unpaired) electrons. The fourth-order valence-corrected chi connectivity index (χ4v) is 3.69. The lowest BCUT2D eigenvalue weighted by Gasteiger charge is -2.21. The molecule has 0 saturated heterocycles. The van der Waals surface area contributed by atoms with Crippen LogP contribution in [-0.4, -0.2) is 29.3 Å². The van der Waals surface area contributed by atoms with Gasteiger partial charge in [-0.05, 0) is 42.2 Å². The quantitative estimate of drug-likeness (QED) is 0.168. The molecule has 0 saturated carbocycles. The highest BCUT2D eigenvalue weighted by Gasteiger charge is 2.11. The second-order valence-electron chi connectivity index (χ2n) is 8.60. The van der Waals surface area contributed by atoms with Gasteiger partial charge in [0.25, 0.3) is 0 Å². The first kappa shape index (κ1) is 27.6. The van der Waals surface area contributed by atoms with Gasteiger partial charge in [0, 0.05) is 25.1 Å². The predicted octanol–water partition coefficient (Wildman–Crippen LogP) is 6.77. The molecule has 0 aromatic heterocycles. The molecule has 0 atom stereocenters. The summed E-state index contributed by atoms with van der Waals surface area (Å²) in [6.07, 6.45) is 11.7. The van der Waals surface area contributed by atoms with E-state index in [1.54, 1.807) is 23.3 Å². The number of carbonyl (C=O) groups is 1. The Balaban J connectivity index is 1.78. The summed E-state index contributed by atoms with van der Waals surface area (Å²) < 4.78 is 13.9. The van der Waals surface area contributed by atoms with E-state index in [1.165, 1.54) is 51.0 Å². The number of hydroxylamine groups is 2.